The molecule has 148 valence electrons. The molecule has 4 atom stereocenters. The van der Waals surface area contributed by atoms with Crippen LogP contribution in [0.15, 0.2) is 66.7 Å². The zero-order valence-corrected chi connectivity index (χ0v) is 16.3. The van der Waals surface area contributed by atoms with Crippen LogP contribution < -0.4 is 15.5 Å². The molecule has 30 heavy (non-hydrogen) atoms. The molecule has 1 spiro atoms. The quantitative estimate of drug-likeness (QED) is 0.619. The molecule has 6 heteroatoms. The predicted octanol–water partition coefficient (Wildman–Crippen LogP) is 2.78. The van der Waals surface area contributed by atoms with E-state index in [9.17, 15) is 14.4 Å². The van der Waals surface area contributed by atoms with Gasteiger partial charge in [-0.15, -0.1) is 0 Å². The molecule has 3 aliphatic rings. The highest BCUT2D eigenvalue weighted by molar-refractivity contribution is 6.27. The molecule has 0 unspecified atom stereocenters. The van der Waals surface area contributed by atoms with Gasteiger partial charge in [-0.1, -0.05) is 54.6 Å². The van der Waals surface area contributed by atoms with Gasteiger partial charge in [-0.2, -0.15) is 0 Å². The molecular formula is C24H19N3O3. The van der Waals surface area contributed by atoms with Crippen molar-refractivity contribution in [1.82, 2.24) is 5.32 Å². The second-order valence-electron chi connectivity index (χ2n) is 8.25. The molecule has 6 rings (SSSR count). The minimum Gasteiger partial charge on any atom is -0.324 e. The predicted molar refractivity (Wildman–Crippen MR) is 113 cm³/mol. The number of nitrogens with zero attached hydrogens (tertiary/aromatic N) is 1. The minimum absolute atomic E-state index is 0.254. The summed E-state index contributed by atoms with van der Waals surface area (Å²) >= 11 is 0. The van der Waals surface area contributed by atoms with Crippen molar-refractivity contribution in [3.63, 3.8) is 0 Å². The fourth-order valence-electron chi connectivity index (χ4n) is 5.56. The Bertz CT molecular complexity index is 1260. The number of carbonyl (C=O) groups is 3. The Morgan fingerprint density at radius 1 is 0.867 bits per heavy atom. The van der Waals surface area contributed by atoms with E-state index in [4.69, 9.17) is 0 Å². The van der Waals surface area contributed by atoms with E-state index >= 15 is 0 Å². The van der Waals surface area contributed by atoms with Gasteiger partial charge < -0.3 is 5.32 Å². The zero-order chi connectivity index (χ0) is 20.6. The highest BCUT2D eigenvalue weighted by Gasteiger charge is 2.69. The average molecular weight is 397 g/mol. The molecule has 0 radical (unpaired) electrons. The summed E-state index contributed by atoms with van der Waals surface area (Å²) in [6.45, 7) is 1.87. The number of imide groups is 1. The number of amides is 3. The lowest BCUT2D eigenvalue weighted by molar-refractivity contribution is -0.130. The van der Waals surface area contributed by atoms with E-state index in [-0.39, 0.29) is 23.8 Å². The molecule has 2 N–H and O–H groups in total. The van der Waals surface area contributed by atoms with Crippen LogP contribution >= 0.6 is 0 Å². The zero-order valence-electron chi connectivity index (χ0n) is 16.3. The van der Waals surface area contributed by atoms with E-state index in [1.807, 2.05) is 67.6 Å². The number of rotatable bonds is 1. The van der Waals surface area contributed by atoms with Gasteiger partial charge >= 0.3 is 0 Å². The average Bonchev–Trinajstić information content (AvgIpc) is 3.32. The normalized spacial score (nSPS) is 29.6. The lowest BCUT2D eigenvalue weighted by atomic mass is 9.76. The monoisotopic (exact) mass is 397 g/mol. The van der Waals surface area contributed by atoms with E-state index in [0.717, 1.165) is 16.3 Å². The van der Waals surface area contributed by atoms with Crippen LogP contribution in [0.25, 0.3) is 10.8 Å². The Kier molecular flexibility index (Phi) is 3.34. The maximum atomic E-state index is 13.8. The topological polar surface area (TPSA) is 78.5 Å². The largest absolute Gasteiger partial charge is 0.324 e. The first-order valence-electron chi connectivity index (χ1n) is 10.1. The van der Waals surface area contributed by atoms with Crippen LogP contribution in [0.3, 0.4) is 0 Å². The molecule has 3 heterocycles. The second-order valence-corrected chi connectivity index (χ2v) is 8.25. The van der Waals surface area contributed by atoms with Gasteiger partial charge in [-0.05, 0) is 24.4 Å². The molecule has 2 fully saturated rings. The highest BCUT2D eigenvalue weighted by atomic mass is 16.2. The number of benzene rings is 3. The third-order valence-corrected chi connectivity index (χ3v) is 6.78. The lowest BCUT2D eigenvalue weighted by Crippen LogP contribution is -2.53. The van der Waals surface area contributed by atoms with E-state index < -0.39 is 17.4 Å². The third kappa shape index (κ3) is 1.94. The van der Waals surface area contributed by atoms with Crippen LogP contribution in [0.1, 0.15) is 12.5 Å². The Morgan fingerprint density at radius 2 is 1.60 bits per heavy atom. The van der Waals surface area contributed by atoms with Crippen molar-refractivity contribution in [2.45, 2.75) is 18.5 Å². The van der Waals surface area contributed by atoms with Gasteiger partial charge in [0, 0.05) is 22.7 Å². The van der Waals surface area contributed by atoms with Crippen molar-refractivity contribution in [3.05, 3.63) is 72.3 Å². The number of hydrogen-bond acceptors (Lipinski definition) is 4. The minimum atomic E-state index is -1.23. The summed E-state index contributed by atoms with van der Waals surface area (Å²) < 4.78 is 0. The Balaban J connectivity index is 1.54. The number of anilines is 2. The molecule has 3 aromatic carbocycles. The van der Waals surface area contributed by atoms with Gasteiger partial charge in [0.2, 0.25) is 17.7 Å². The van der Waals surface area contributed by atoms with Gasteiger partial charge in [0.25, 0.3) is 0 Å². The highest BCUT2D eigenvalue weighted by Crippen LogP contribution is 2.53. The van der Waals surface area contributed by atoms with Crippen molar-refractivity contribution in [1.29, 1.82) is 0 Å². The maximum absolute atomic E-state index is 13.8. The van der Waals surface area contributed by atoms with Gasteiger partial charge in [0.1, 0.15) is 5.54 Å². The van der Waals surface area contributed by atoms with Crippen molar-refractivity contribution in [2.75, 3.05) is 10.2 Å². The molecule has 0 aliphatic carbocycles. The summed E-state index contributed by atoms with van der Waals surface area (Å²) in [5.74, 6) is -2.25. The summed E-state index contributed by atoms with van der Waals surface area (Å²) in [7, 11) is 0. The van der Waals surface area contributed by atoms with Crippen molar-refractivity contribution < 1.29 is 14.4 Å². The third-order valence-electron chi connectivity index (χ3n) is 6.78. The van der Waals surface area contributed by atoms with Crippen molar-refractivity contribution in [2.24, 2.45) is 11.8 Å². The van der Waals surface area contributed by atoms with Crippen LogP contribution in [-0.2, 0) is 19.9 Å². The molecule has 0 saturated carbocycles. The van der Waals surface area contributed by atoms with Crippen LogP contribution in [-0.4, -0.2) is 23.8 Å². The first-order chi connectivity index (χ1) is 14.5. The van der Waals surface area contributed by atoms with E-state index in [2.05, 4.69) is 10.6 Å². The second kappa shape index (κ2) is 5.77. The fourth-order valence-corrected chi connectivity index (χ4v) is 5.56. The molecule has 3 amide bonds. The van der Waals surface area contributed by atoms with E-state index in [1.54, 1.807) is 6.07 Å². The summed E-state index contributed by atoms with van der Waals surface area (Å²) in [6, 6.07) is 20.3. The van der Waals surface area contributed by atoms with Crippen LogP contribution in [0.2, 0.25) is 0 Å². The van der Waals surface area contributed by atoms with Crippen molar-refractivity contribution in [3.8, 4) is 0 Å². The van der Waals surface area contributed by atoms with E-state index in [1.165, 1.54) is 4.90 Å². The van der Waals surface area contributed by atoms with Gasteiger partial charge in [-0.25, -0.2) is 4.90 Å². The summed E-state index contributed by atoms with van der Waals surface area (Å²) in [5, 5.41) is 8.02. The SMILES string of the molecule is C[C@H]1N[C@@]2(C(=O)Nc3ccccc32)[C@H]2C(=O)N(c3cccc4ccccc34)C(=O)[C@@H]12. The number of hydrogen-bond donors (Lipinski definition) is 2. The molecule has 0 bridgehead atoms. The summed E-state index contributed by atoms with van der Waals surface area (Å²) in [5.41, 5.74) is 0.765. The number of fused-ring (bicyclic) bond motifs is 5. The van der Waals surface area contributed by atoms with Gasteiger partial charge in [0.15, 0.2) is 0 Å². The first kappa shape index (κ1) is 17.4. The fraction of sp³-hybridized carbons (Fsp3) is 0.208. The maximum Gasteiger partial charge on any atom is 0.250 e. The standard InChI is InChI=1S/C24H19N3O3/c1-13-19-20(24(26-13)16-10-4-5-11-17(16)25-23(24)30)22(29)27(21(19)28)18-12-6-8-14-7-2-3-9-15(14)18/h2-13,19-20,26H,1H3,(H,25,30)/t13-,19+,20-,24-/m1/s1. The Labute approximate surface area is 172 Å². The number of para-hydroxylation sites is 1. The number of carbonyl (C=O) groups excluding carboxylic acids is 3. The Morgan fingerprint density at radius 3 is 2.47 bits per heavy atom. The first-order valence-corrected chi connectivity index (χ1v) is 10.1. The Hall–Kier alpha value is -3.51. The number of nitrogens with one attached hydrogen (secondary N) is 2. The summed E-state index contributed by atoms with van der Waals surface area (Å²) in [6.07, 6.45) is 0. The van der Waals surface area contributed by atoms with Gasteiger partial charge in [-0.3, -0.25) is 19.7 Å². The molecule has 3 aromatic rings. The molecular weight excluding hydrogens is 378 g/mol. The molecule has 3 aliphatic heterocycles. The van der Waals surface area contributed by atoms with Crippen LogP contribution in [0.4, 0.5) is 11.4 Å². The van der Waals surface area contributed by atoms with E-state index in [0.29, 0.717) is 11.4 Å². The lowest BCUT2D eigenvalue weighted by Gasteiger charge is -2.29. The molecule has 2 saturated heterocycles. The van der Waals surface area contributed by atoms with Gasteiger partial charge in [0.05, 0.1) is 17.5 Å². The molecule has 0 aromatic heterocycles. The smallest absolute Gasteiger partial charge is 0.250 e. The van der Waals surface area contributed by atoms with Crippen LogP contribution in [0, 0.1) is 11.8 Å². The molecule has 6 nitrogen and oxygen atoms in total. The summed E-state index contributed by atoms with van der Waals surface area (Å²) in [4.78, 5) is 41.8. The van der Waals surface area contributed by atoms with Crippen LogP contribution in [0.5, 0.6) is 0 Å². The van der Waals surface area contributed by atoms with Crippen molar-refractivity contribution >= 4 is 39.9 Å².